The van der Waals surface area contributed by atoms with E-state index in [2.05, 4.69) is 12.2 Å². The molecule has 1 heterocycles. The molecule has 0 amide bonds. The van der Waals surface area contributed by atoms with E-state index in [0.29, 0.717) is 0 Å². The fourth-order valence-corrected chi connectivity index (χ4v) is 2.47. The van der Waals surface area contributed by atoms with Gasteiger partial charge in [-0.15, -0.1) is 0 Å². The van der Waals surface area contributed by atoms with Crippen LogP contribution in [0.2, 0.25) is 0 Å². The summed E-state index contributed by atoms with van der Waals surface area (Å²) in [4.78, 5) is 0. The van der Waals surface area contributed by atoms with Crippen LogP contribution in [0.3, 0.4) is 0 Å². The molecule has 0 bridgehead atoms. The lowest BCUT2D eigenvalue weighted by Crippen LogP contribution is -2.10. The Morgan fingerprint density at radius 1 is 1.11 bits per heavy atom. The van der Waals surface area contributed by atoms with Crippen LogP contribution in [0.4, 0.5) is 0 Å². The minimum absolute atomic E-state index is 1.02. The molecule has 1 aliphatic heterocycles. The van der Waals surface area contributed by atoms with Crippen LogP contribution in [0.1, 0.15) is 19.8 Å². The number of hydrogen-bond donors (Lipinski definition) is 1. The molecule has 1 nitrogen and oxygen atoms in total. The van der Waals surface area contributed by atoms with Crippen molar-refractivity contribution in [1.82, 2.24) is 5.32 Å². The first kappa shape index (κ1) is 5.72. The highest BCUT2D eigenvalue weighted by Crippen LogP contribution is 2.37. The van der Waals surface area contributed by atoms with E-state index in [4.69, 9.17) is 0 Å². The van der Waals surface area contributed by atoms with Gasteiger partial charge < -0.3 is 5.32 Å². The van der Waals surface area contributed by atoms with Crippen LogP contribution in [-0.2, 0) is 0 Å². The van der Waals surface area contributed by atoms with Crippen molar-refractivity contribution in [1.29, 1.82) is 0 Å². The van der Waals surface area contributed by atoms with Crippen molar-refractivity contribution in [2.45, 2.75) is 19.8 Å². The fraction of sp³-hybridized carbons (Fsp3) is 1.00. The van der Waals surface area contributed by atoms with Gasteiger partial charge in [-0.25, -0.2) is 0 Å². The Bertz CT molecular complexity index is 99.1. The lowest BCUT2D eigenvalue weighted by atomic mass is 10.0. The van der Waals surface area contributed by atoms with Crippen LogP contribution in [0.15, 0.2) is 0 Å². The van der Waals surface area contributed by atoms with Crippen LogP contribution in [-0.4, -0.2) is 13.1 Å². The summed E-state index contributed by atoms with van der Waals surface area (Å²) in [6.45, 7) is 4.99. The summed E-state index contributed by atoms with van der Waals surface area (Å²) in [5, 5.41) is 3.44. The highest BCUT2D eigenvalue weighted by Gasteiger charge is 2.34. The zero-order valence-corrected chi connectivity index (χ0v) is 6.06. The molecule has 1 saturated carbocycles. The van der Waals surface area contributed by atoms with Crippen molar-refractivity contribution in [2.75, 3.05) is 13.1 Å². The Kier molecular flexibility index (Phi) is 1.26. The standard InChI is InChI=1S/C8H15N/c1-6-2-7-4-9-5-8(7)3-6/h6-9H,2-5H2,1H3/t6?,7-,8+. The molecule has 0 radical (unpaired) electrons. The Hall–Kier alpha value is -0.0400. The molecule has 52 valence electrons. The molecule has 3 atom stereocenters. The maximum atomic E-state index is 3.44. The average molecular weight is 125 g/mol. The van der Waals surface area contributed by atoms with Crippen LogP contribution in [0.25, 0.3) is 0 Å². The summed E-state index contributed by atoms with van der Waals surface area (Å²) in [6, 6.07) is 0. The molecule has 0 aromatic heterocycles. The van der Waals surface area contributed by atoms with E-state index in [9.17, 15) is 0 Å². The first-order valence-electron chi connectivity index (χ1n) is 4.07. The SMILES string of the molecule is CC1C[C@H]2CNC[C@H]2C1. The van der Waals surface area contributed by atoms with Crippen molar-refractivity contribution >= 4 is 0 Å². The Balaban J connectivity index is 2.02. The zero-order valence-electron chi connectivity index (χ0n) is 6.06. The van der Waals surface area contributed by atoms with E-state index >= 15 is 0 Å². The molecule has 2 aliphatic rings. The maximum absolute atomic E-state index is 3.44. The Morgan fingerprint density at radius 2 is 1.67 bits per heavy atom. The molecule has 1 saturated heterocycles. The van der Waals surface area contributed by atoms with Gasteiger partial charge in [0, 0.05) is 0 Å². The van der Waals surface area contributed by atoms with Gasteiger partial charge in [-0.05, 0) is 43.7 Å². The number of nitrogens with one attached hydrogen (secondary N) is 1. The average Bonchev–Trinajstić information content (AvgIpc) is 2.22. The summed E-state index contributed by atoms with van der Waals surface area (Å²) in [6.07, 6.45) is 2.97. The van der Waals surface area contributed by atoms with E-state index < -0.39 is 0 Å². The summed E-state index contributed by atoms with van der Waals surface area (Å²) < 4.78 is 0. The highest BCUT2D eigenvalue weighted by atomic mass is 14.9. The molecule has 1 heteroatoms. The minimum Gasteiger partial charge on any atom is -0.316 e. The van der Waals surface area contributed by atoms with Crippen LogP contribution in [0.5, 0.6) is 0 Å². The van der Waals surface area contributed by atoms with Gasteiger partial charge in [-0.1, -0.05) is 6.92 Å². The van der Waals surface area contributed by atoms with Gasteiger partial charge in [0.2, 0.25) is 0 Å². The third-order valence-electron chi connectivity index (χ3n) is 2.89. The maximum Gasteiger partial charge on any atom is -0.00172 e. The van der Waals surface area contributed by atoms with Gasteiger partial charge in [-0.2, -0.15) is 0 Å². The molecule has 1 N–H and O–H groups in total. The molecule has 0 aromatic rings. The topological polar surface area (TPSA) is 12.0 Å². The van der Waals surface area contributed by atoms with E-state index in [-0.39, 0.29) is 0 Å². The van der Waals surface area contributed by atoms with Gasteiger partial charge >= 0.3 is 0 Å². The molecule has 0 aromatic carbocycles. The Labute approximate surface area is 56.8 Å². The van der Waals surface area contributed by atoms with Crippen LogP contribution in [0, 0.1) is 17.8 Å². The monoisotopic (exact) mass is 125 g/mol. The predicted octanol–water partition coefficient (Wildman–Crippen LogP) is 1.25. The molecule has 2 rings (SSSR count). The normalized spacial score (nSPS) is 49.7. The molecule has 2 fully saturated rings. The van der Waals surface area contributed by atoms with Gasteiger partial charge in [0.05, 0.1) is 0 Å². The fourth-order valence-electron chi connectivity index (χ4n) is 2.47. The third-order valence-corrected chi connectivity index (χ3v) is 2.89. The summed E-state index contributed by atoms with van der Waals surface area (Å²) in [5.74, 6) is 3.10. The van der Waals surface area contributed by atoms with Crippen molar-refractivity contribution in [3.63, 3.8) is 0 Å². The Morgan fingerprint density at radius 3 is 2.22 bits per heavy atom. The second-order valence-corrected chi connectivity index (χ2v) is 3.75. The van der Waals surface area contributed by atoms with Crippen molar-refractivity contribution in [3.8, 4) is 0 Å². The van der Waals surface area contributed by atoms with Crippen molar-refractivity contribution in [2.24, 2.45) is 17.8 Å². The van der Waals surface area contributed by atoms with Crippen molar-refractivity contribution in [3.05, 3.63) is 0 Å². The molecule has 9 heavy (non-hydrogen) atoms. The minimum atomic E-state index is 1.02. The van der Waals surface area contributed by atoms with Gasteiger partial charge in [-0.3, -0.25) is 0 Å². The van der Waals surface area contributed by atoms with Gasteiger partial charge in [0.15, 0.2) is 0 Å². The van der Waals surface area contributed by atoms with Gasteiger partial charge in [0.1, 0.15) is 0 Å². The summed E-state index contributed by atoms with van der Waals surface area (Å²) in [5.41, 5.74) is 0. The first-order chi connectivity index (χ1) is 4.36. The largest absolute Gasteiger partial charge is 0.316 e. The van der Waals surface area contributed by atoms with Crippen LogP contribution < -0.4 is 5.32 Å². The lowest BCUT2D eigenvalue weighted by Gasteiger charge is -2.02. The predicted molar refractivity (Wildman–Crippen MR) is 38.2 cm³/mol. The molecular formula is C8H15N. The van der Waals surface area contributed by atoms with Gasteiger partial charge in [0.25, 0.3) is 0 Å². The van der Waals surface area contributed by atoms with Crippen LogP contribution >= 0.6 is 0 Å². The number of fused-ring (bicyclic) bond motifs is 1. The second kappa shape index (κ2) is 1.98. The first-order valence-corrected chi connectivity index (χ1v) is 4.07. The smallest absolute Gasteiger partial charge is 0.00172 e. The molecule has 1 unspecified atom stereocenters. The van der Waals surface area contributed by atoms with E-state index in [1.54, 1.807) is 0 Å². The van der Waals surface area contributed by atoms with Crippen molar-refractivity contribution < 1.29 is 0 Å². The summed E-state index contributed by atoms with van der Waals surface area (Å²) in [7, 11) is 0. The third kappa shape index (κ3) is 0.877. The number of rotatable bonds is 0. The zero-order chi connectivity index (χ0) is 6.27. The second-order valence-electron chi connectivity index (χ2n) is 3.75. The quantitative estimate of drug-likeness (QED) is 0.514. The molecule has 1 aliphatic carbocycles. The highest BCUT2D eigenvalue weighted by molar-refractivity contribution is 4.88. The van der Waals surface area contributed by atoms with E-state index in [1.165, 1.54) is 25.9 Å². The lowest BCUT2D eigenvalue weighted by molar-refractivity contribution is 0.494. The molecular weight excluding hydrogens is 110 g/mol. The number of hydrogen-bond acceptors (Lipinski definition) is 1. The van der Waals surface area contributed by atoms with E-state index in [0.717, 1.165) is 17.8 Å². The summed E-state index contributed by atoms with van der Waals surface area (Å²) >= 11 is 0. The molecule has 0 spiro atoms. The van der Waals surface area contributed by atoms with E-state index in [1.807, 2.05) is 0 Å².